The van der Waals surface area contributed by atoms with Crippen molar-refractivity contribution < 1.29 is 31.5 Å². The van der Waals surface area contributed by atoms with Crippen LogP contribution in [0, 0.1) is 0 Å². The van der Waals surface area contributed by atoms with Crippen LogP contribution in [0.2, 0.25) is 5.02 Å². The molecule has 0 unspecified atom stereocenters. The van der Waals surface area contributed by atoms with Crippen LogP contribution >= 0.6 is 11.6 Å². The van der Waals surface area contributed by atoms with E-state index >= 15 is 0 Å². The average Bonchev–Trinajstić information content (AvgIpc) is 3.20. The molecule has 1 aliphatic carbocycles. The third-order valence-electron chi connectivity index (χ3n) is 7.15. The van der Waals surface area contributed by atoms with E-state index < -0.39 is 48.0 Å². The van der Waals surface area contributed by atoms with Gasteiger partial charge >= 0.3 is 6.18 Å². The zero-order valence-electron chi connectivity index (χ0n) is 21.1. The molecule has 1 aromatic carbocycles. The van der Waals surface area contributed by atoms with E-state index in [-0.39, 0.29) is 44.9 Å². The lowest BCUT2D eigenvalue weighted by Crippen LogP contribution is -2.52. The molecule has 1 atom stereocenters. The first-order valence-electron chi connectivity index (χ1n) is 12.5. The van der Waals surface area contributed by atoms with Gasteiger partial charge in [-0.05, 0) is 51.1 Å². The highest BCUT2D eigenvalue weighted by atomic mass is 35.5. The molecule has 2 amide bonds. The Morgan fingerprint density at radius 2 is 1.88 bits per heavy atom. The molecule has 0 radical (unpaired) electrons. The molecule has 0 spiro atoms. The fraction of sp³-hybridized carbons (Fsp3) is 0.440. The van der Waals surface area contributed by atoms with Gasteiger partial charge in [-0.15, -0.1) is 0 Å². The molecule has 0 bridgehead atoms. The van der Waals surface area contributed by atoms with E-state index in [1.807, 2.05) is 6.92 Å². The summed E-state index contributed by atoms with van der Waals surface area (Å²) in [5.41, 5.74) is -1.79. The summed E-state index contributed by atoms with van der Waals surface area (Å²) in [4.78, 5) is 32.1. The molecule has 5 N–H and O–H groups in total. The number of halogens is 6. The topological polar surface area (TPSA) is 128 Å². The van der Waals surface area contributed by atoms with Gasteiger partial charge in [0.05, 0.1) is 16.5 Å². The first-order valence-corrected chi connectivity index (χ1v) is 12.8. The average molecular weight is 586 g/mol. The number of alkyl halides is 5. The minimum absolute atomic E-state index is 0.0960. The number of amides is 2. The number of aromatic amines is 2. The summed E-state index contributed by atoms with van der Waals surface area (Å²) >= 11 is 6.32. The Hall–Kier alpha value is -3.52. The monoisotopic (exact) mass is 585 g/mol. The highest BCUT2D eigenvalue weighted by molar-refractivity contribution is 6.34. The van der Waals surface area contributed by atoms with Crippen molar-refractivity contribution in [1.82, 2.24) is 30.8 Å². The Morgan fingerprint density at radius 3 is 2.50 bits per heavy atom. The number of piperidine rings is 1. The molecular formula is C25H25ClF5N7O2. The van der Waals surface area contributed by atoms with Crippen LogP contribution in [-0.4, -0.2) is 56.5 Å². The maximum absolute atomic E-state index is 13.6. The van der Waals surface area contributed by atoms with E-state index in [0.717, 1.165) is 32.1 Å². The second-order valence-corrected chi connectivity index (χ2v) is 10.7. The van der Waals surface area contributed by atoms with Crippen LogP contribution < -0.4 is 16.0 Å². The van der Waals surface area contributed by atoms with Crippen molar-refractivity contribution >= 4 is 29.1 Å². The molecule has 5 rings (SSSR count). The SMILES string of the molecule is CC1(NC(=O)c2ccc(NC(=O)c3ncc(Cc4c(C(F)(F)F)n[nH]c4[C@@H]4CC4(F)F)[nH]3)cc2Cl)CCNCC1. The summed E-state index contributed by atoms with van der Waals surface area (Å²) in [6, 6.07) is 4.35. The van der Waals surface area contributed by atoms with Gasteiger partial charge in [-0.25, -0.2) is 13.8 Å². The molecule has 1 saturated carbocycles. The number of rotatable bonds is 7. The van der Waals surface area contributed by atoms with Crippen molar-refractivity contribution in [2.24, 2.45) is 0 Å². The van der Waals surface area contributed by atoms with Crippen LogP contribution in [0.4, 0.5) is 27.6 Å². The number of hydrogen-bond donors (Lipinski definition) is 5. The first-order chi connectivity index (χ1) is 18.8. The zero-order chi connectivity index (χ0) is 28.9. The number of aromatic nitrogens is 4. The van der Waals surface area contributed by atoms with E-state index in [0.29, 0.717) is 0 Å². The van der Waals surface area contributed by atoms with E-state index in [2.05, 4.69) is 36.1 Å². The van der Waals surface area contributed by atoms with Crippen molar-refractivity contribution in [3.8, 4) is 0 Å². The number of carbonyl (C=O) groups excluding carboxylic acids is 2. The van der Waals surface area contributed by atoms with Crippen molar-refractivity contribution in [2.45, 2.75) is 56.2 Å². The second-order valence-electron chi connectivity index (χ2n) is 10.3. The maximum Gasteiger partial charge on any atom is 0.435 e. The van der Waals surface area contributed by atoms with Gasteiger partial charge in [0, 0.05) is 47.2 Å². The molecule has 1 saturated heterocycles. The number of nitrogens with one attached hydrogen (secondary N) is 5. The number of benzene rings is 1. The summed E-state index contributed by atoms with van der Waals surface area (Å²) in [5, 5.41) is 14.3. The van der Waals surface area contributed by atoms with Crippen LogP contribution in [-0.2, 0) is 12.6 Å². The first kappa shape index (κ1) is 28.0. The van der Waals surface area contributed by atoms with Gasteiger partial charge in [0.25, 0.3) is 17.7 Å². The lowest BCUT2D eigenvalue weighted by Gasteiger charge is -2.35. The largest absolute Gasteiger partial charge is 0.435 e. The quantitative estimate of drug-likeness (QED) is 0.258. The molecular weight excluding hydrogens is 561 g/mol. The Kier molecular flexibility index (Phi) is 7.11. The number of anilines is 1. The Balaban J connectivity index is 1.27. The van der Waals surface area contributed by atoms with Crippen LogP contribution in [0.25, 0.3) is 0 Å². The van der Waals surface area contributed by atoms with Crippen LogP contribution in [0.5, 0.6) is 0 Å². The van der Waals surface area contributed by atoms with Crippen molar-refractivity contribution in [3.05, 3.63) is 63.5 Å². The lowest BCUT2D eigenvalue weighted by atomic mass is 9.90. The fourth-order valence-electron chi connectivity index (χ4n) is 4.77. The summed E-state index contributed by atoms with van der Waals surface area (Å²) in [6.07, 6.45) is -3.20. The van der Waals surface area contributed by atoms with Gasteiger partial charge in [0.1, 0.15) is 0 Å². The molecule has 2 fully saturated rings. The van der Waals surface area contributed by atoms with Crippen LogP contribution in [0.3, 0.4) is 0 Å². The van der Waals surface area contributed by atoms with Gasteiger partial charge in [-0.1, -0.05) is 11.6 Å². The van der Waals surface area contributed by atoms with Gasteiger partial charge in [-0.3, -0.25) is 14.7 Å². The number of nitrogens with zero attached hydrogens (tertiary/aromatic N) is 2. The smallest absolute Gasteiger partial charge is 0.347 e. The predicted molar refractivity (Wildman–Crippen MR) is 135 cm³/mol. The van der Waals surface area contributed by atoms with Crippen molar-refractivity contribution in [3.63, 3.8) is 0 Å². The van der Waals surface area contributed by atoms with E-state index in [9.17, 15) is 31.5 Å². The maximum atomic E-state index is 13.6. The molecule has 1 aliphatic heterocycles. The van der Waals surface area contributed by atoms with Gasteiger partial charge in [0.15, 0.2) is 11.5 Å². The highest BCUT2D eigenvalue weighted by Crippen LogP contribution is 2.56. The van der Waals surface area contributed by atoms with E-state index in [1.54, 1.807) is 0 Å². The Labute approximate surface area is 229 Å². The standard InChI is InChI=1S/C25H25ClF5N7O2/c1-23(4-6-32-7-5-23)36-21(39)14-3-2-12(9-17(14)26)35-22(40)20-33-11-13(34-20)8-15-18(16-10-24(16,27)28)37-38-19(15)25(29,30)31/h2-3,9,11,16,32H,4-8,10H2,1H3,(H,33,34)(H,35,40)(H,36,39)(H,37,38)/t16-/m0/s1. The van der Waals surface area contributed by atoms with Crippen molar-refractivity contribution in [1.29, 1.82) is 0 Å². The molecule has 9 nitrogen and oxygen atoms in total. The number of H-pyrrole nitrogens is 2. The van der Waals surface area contributed by atoms with Crippen LogP contribution in [0.1, 0.15) is 75.7 Å². The number of imidazole rings is 1. The molecule has 40 heavy (non-hydrogen) atoms. The molecule has 3 heterocycles. The summed E-state index contributed by atoms with van der Waals surface area (Å²) in [5.74, 6) is -5.77. The minimum Gasteiger partial charge on any atom is -0.347 e. The molecule has 2 aliphatic rings. The summed E-state index contributed by atoms with van der Waals surface area (Å²) in [6.45, 7) is 3.53. The van der Waals surface area contributed by atoms with Gasteiger partial charge < -0.3 is 20.9 Å². The summed E-state index contributed by atoms with van der Waals surface area (Å²) < 4.78 is 67.6. The van der Waals surface area contributed by atoms with E-state index in [4.69, 9.17) is 11.6 Å². The molecule has 15 heteroatoms. The molecule has 3 aromatic rings. The number of hydrogen-bond acceptors (Lipinski definition) is 5. The summed E-state index contributed by atoms with van der Waals surface area (Å²) in [7, 11) is 0. The lowest BCUT2D eigenvalue weighted by molar-refractivity contribution is -0.141. The second kappa shape index (κ2) is 10.1. The molecule has 2 aromatic heterocycles. The fourth-order valence-corrected chi connectivity index (χ4v) is 5.04. The normalized spacial score (nSPS) is 19.7. The third kappa shape index (κ3) is 5.82. The Morgan fingerprint density at radius 1 is 1.18 bits per heavy atom. The van der Waals surface area contributed by atoms with Crippen LogP contribution in [0.15, 0.2) is 24.4 Å². The number of carbonyl (C=O) groups is 2. The molecule has 214 valence electrons. The zero-order valence-corrected chi connectivity index (χ0v) is 21.9. The van der Waals surface area contributed by atoms with Gasteiger partial charge in [-0.2, -0.15) is 18.3 Å². The predicted octanol–water partition coefficient (Wildman–Crippen LogP) is 4.64. The Bertz CT molecular complexity index is 1450. The highest BCUT2D eigenvalue weighted by Gasteiger charge is 2.60. The van der Waals surface area contributed by atoms with Gasteiger partial charge in [0.2, 0.25) is 0 Å². The minimum atomic E-state index is -4.86. The van der Waals surface area contributed by atoms with Crippen molar-refractivity contribution in [2.75, 3.05) is 18.4 Å². The van der Waals surface area contributed by atoms with E-state index in [1.165, 1.54) is 18.2 Å². The third-order valence-corrected chi connectivity index (χ3v) is 7.46.